The fourth-order valence-electron chi connectivity index (χ4n) is 1.79. The SMILES string of the molecule is Cc1cc(Br)cc(N)c1NC(=O)c1cc(Br)ccc1Cl. The first-order valence-corrected chi connectivity index (χ1v) is 7.67. The summed E-state index contributed by atoms with van der Waals surface area (Å²) >= 11 is 12.7. The number of carbonyl (C=O) groups excluding carboxylic acids is 1. The molecule has 3 N–H and O–H groups in total. The predicted octanol–water partition coefficient (Wildman–Crippen LogP) is 5.01. The minimum absolute atomic E-state index is 0.298. The summed E-state index contributed by atoms with van der Waals surface area (Å²) in [6.45, 7) is 1.87. The Morgan fingerprint density at radius 1 is 1.20 bits per heavy atom. The third-order valence-corrected chi connectivity index (χ3v) is 4.02. The molecule has 0 atom stereocenters. The van der Waals surface area contributed by atoms with E-state index in [0.29, 0.717) is 22.0 Å². The van der Waals surface area contributed by atoms with Crippen molar-refractivity contribution in [1.82, 2.24) is 0 Å². The molecule has 0 unspecified atom stereocenters. The van der Waals surface area contributed by atoms with Crippen molar-refractivity contribution in [2.45, 2.75) is 6.92 Å². The molecule has 3 nitrogen and oxygen atoms in total. The Hall–Kier alpha value is -1.04. The number of nitrogens with one attached hydrogen (secondary N) is 1. The van der Waals surface area contributed by atoms with Crippen LogP contribution in [0.3, 0.4) is 0 Å². The number of amides is 1. The van der Waals surface area contributed by atoms with E-state index >= 15 is 0 Å². The van der Waals surface area contributed by atoms with E-state index in [2.05, 4.69) is 37.2 Å². The fourth-order valence-corrected chi connectivity index (χ4v) is 2.95. The van der Waals surface area contributed by atoms with Gasteiger partial charge in [0.25, 0.3) is 5.91 Å². The first-order chi connectivity index (χ1) is 9.38. The van der Waals surface area contributed by atoms with Gasteiger partial charge in [-0.2, -0.15) is 0 Å². The average Bonchev–Trinajstić information content (AvgIpc) is 2.36. The van der Waals surface area contributed by atoms with Gasteiger partial charge in [-0.25, -0.2) is 0 Å². The fraction of sp³-hybridized carbons (Fsp3) is 0.0714. The molecule has 0 heterocycles. The maximum absolute atomic E-state index is 12.3. The Labute approximate surface area is 138 Å². The zero-order valence-corrected chi connectivity index (χ0v) is 14.4. The topological polar surface area (TPSA) is 55.1 Å². The van der Waals surface area contributed by atoms with E-state index in [1.54, 1.807) is 24.3 Å². The number of carbonyl (C=O) groups is 1. The summed E-state index contributed by atoms with van der Waals surface area (Å²) in [5.41, 5.74) is 8.28. The van der Waals surface area contributed by atoms with Gasteiger partial charge in [-0.1, -0.05) is 43.5 Å². The number of hydrogen-bond donors (Lipinski definition) is 2. The third-order valence-electron chi connectivity index (χ3n) is 2.74. The molecule has 0 fully saturated rings. The molecule has 20 heavy (non-hydrogen) atoms. The summed E-state index contributed by atoms with van der Waals surface area (Å²) in [4.78, 5) is 12.3. The zero-order chi connectivity index (χ0) is 14.9. The van der Waals surface area contributed by atoms with Crippen molar-refractivity contribution >= 4 is 60.7 Å². The minimum Gasteiger partial charge on any atom is -0.397 e. The lowest BCUT2D eigenvalue weighted by Gasteiger charge is -2.13. The van der Waals surface area contributed by atoms with Gasteiger partial charge < -0.3 is 11.1 Å². The maximum atomic E-state index is 12.3. The van der Waals surface area contributed by atoms with E-state index in [9.17, 15) is 4.79 Å². The van der Waals surface area contributed by atoms with Crippen LogP contribution in [0.2, 0.25) is 5.02 Å². The Morgan fingerprint density at radius 3 is 2.55 bits per heavy atom. The molecule has 0 radical (unpaired) electrons. The third kappa shape index (κ3) is 3.34. The van der Waals surface area contributed by atoms with Gasteiger partial charge in [0.2, 0.25) is 0 Å². The van der Waals surface area contributed by atoms with E-state index in [1.807, 2.05) is 13.0 Å². The number of nitrogens with two attached hydrogens (primary N) is 1. The van der Waals surface area contributed by atoms with E-state index in [4.69, 9.17) is 17.3 Å². The number of halogens is 3. The molecule has 0 aromatic heterocycles. The molecule has 2 aromatic carbocycles. The molecule has 0 aliphatic rings. The van der Waals surface area contributed by atoms with Crippen molar-refractivity contribution in [2.75, 3.05) is 11.1 Å². The van der Waals surface area contributed by atoms with E-state index in [0.717, 1.165) is 14.5 Å². The second kappa shape index (κ2) is 6.16. The van der Waals surface area contributed by atoms with Gasteiger partial charge in [0.15, 0.2) is 0 Å². The lowest BCUT2D eigenvalue weighted by molar-refractivity contribution is 0.102. The van der Waals surface area contributed by atoms with Crippen LogP contribution in [0.4, 0.5) is 11.4 Å². The minimum atomic E-state index is -0.298. The zero-order valence-electron chi connectivity index (χ0n) is 10.5. The van der Waals surface area contributed by atoms with Crippen LogP contribution in [0.5, 0.6) is 0 Å². The summed E-state index contributed by atoms with van der Waals surface area (Å²) < 4.78 is 1.65. The number of nitrogen functional groups attached to an aromatic ring is 1. The molecule has 1 amide bonds. The van der Waals surface area contributed by atoms with Crippen molar-refractivity contribution in [3.63, 3.8) is 0 Å². The highest BCUT2D eigenvalue weighted by Gasteiger charge is 2.14. The van der Waals surface area contributed by atoms with Crippen molar-refractivity contribution in [2.24, 2.45) is 0 Å². The maximum Gasteiger partial charge on any atom is 0.257 e. The molecule has 6 heteroatoms. The van der Waals surface area contributed by atoms with E-state index in [-0.39, 0.29) is 5.91 Å². The van der Waals surface area contributed by atoms with Crippen molar-refractivity contribution < 1.29 is 4.79 Å². The highest BCUT2D eigenvalue weighted by atomic mass is 79.9. The summed E-state index contributed by atoms with van der Waals surface area (Å²) in [6, 6.07) is 8.73. The highest BCUT2D eigenvalue weighted by Crippen LogP contribution is 2.29. The second-order valence-corrected chi connectivity index (χ2v) is 6.50. The van der Waals surface area contributed by atoms with Crippen LogP contribution < -0.4 is 11.1 Å². The highest BCUT2D eigenvalue weighted by molar-refractivity contribution is 9.10. The Balaban J connectivity index is 2.35. The first kappa shape index (κ1) is 15.4. The van der Waals surface area contributed by atoms with Crippen molar-refractivity contribution in [3.8, 4) is 0 Å². The molecular weight excluding hydrogens is 407 g/mol. The number of rotatable bonds is 2. The lowest BCUT2D eigenvalue weighted by Crippen LogP contribution is -2.14. The van der Waals surface area contributed by atoms with Gasteiger partial charge in [-0.3, -0.25) is 4.79 Å². The van der Waals surface area contributed by atoms with E-state index in [1.165, 1.54) is 0 Å². The molecule has 0 saturated carbocycles. The predicted molar refractivity (Wildman–Crippen MR) is 90.4 cm³/mol. The standard InChI is InChI=1S/C14H11Br2ClN2O/c1-7-4-9(16)6-12(18)13(7)19-14(20)10-5-8(15)2-3-11(10)17/h2-6H,18H2,1H3,(H,19,20). The summed E-state index contributed by atoms with van der Waals surface area (Å²) in [6.07, 6.45) is 0. The molecular formula is C14H11Br2ClN2O. The number of benzene rings is 2. The molecule has 2 rings (SSSR count). The summed E-state index contributed by atoms with van der Waals surface area (Å²) in [5, 5.41) is 3.19. The molecule has 0 bridgehead atoms. The van der Waals surface area contributed by atoms with Gasteiger partial charge in [0.05, 0.1) is 22.0 Å². The smallest absolute Gasteiger partial charge is 0.257 e. The quantitative estimate of drug-likeness (QED) is 0.674. The number of anilines is 2. The van der Waals surface area contributed by atoms with Crippen LogP contribution in [0.1, 0.15) is 15.9 Å². The van der Waals surface area contributed by atoms with Crippen molar-refractivity contribution in [3.05, 3.63) is 55.4 Å². The monoisotopic (exact) mass is 416 g/mol. The van der Waals surface area contributed by atoms with Gasteiger partial charge in [-0.15, -0.1) is 0 Å². The Bertz CT molecular complexity index is 666. The van der Waals surface area contributed by atoms with Crippen LogP contribution in [-0.2, 0) is 0 Å². The van der Waals surface area contributed by atoms with Crippen LogP contribution in [0.25, 0.3) is 0 Å². The molecule has 104 valence electrons. The Kier molecular flexibility index (Phi) is 4.73. The van der Waals surface area contributed by atoms with Gasteiger partial charge >= 0.3 is 0 Å². The lowest BCUT2D eigenvalue weighted by atomic mass is 10.1. The largest absolute Gasteiger partial charge is 0.397 e. The molecule has 0 aliphatic carbocycles. The normalized spacial score (nSPS) is 10.4. The molecule has 0 spiro atoms. The van der Waals surface area contributed by atoms with Gasteiger partial charge in [0.1, 0.15) is 0 Å². The average molecular weight is 419 g/mol. The number of hydrogen-bond acceptors (Lipinski definition) is 2. The summed E-state index contributed by atoms with van der Waals surface area (Å²) in [5.74, 6) is -0.298. The first-order valence-electron chi connectivity index (χ1n) is 5.70. The molecule has 0 aliphatic heterocycles. The summed E-state index contributed by atoms with van der Waals surface area (Å²) in [7, 11) is 0. The van der Waals surface area contributed by atoms with Crippen molar-refractivity contribution in [1.29, 1.82) is 0 Å². The van der Waals surface area contributed by atoms with Crippen LogP contribution in [-0.4, -0.2) is 5.91 Å². The van der Waals surface area contributed by atoms with E-state index < -0.39 is 0 Å². The molecule has 0 saturated heterocycles. The second-order valence-electron chi connectivity index (χ2n) is 4.27. The Morgan fingerprint density at radius 2 is 1.90 bits per heavy atom. The molecule has 2 aromatic rings. The van der Waals surface area contributed by atoms with Gasteiger partial charge in [-0.05, 0) is 42.8 Å². The van der Waals surface area contributed by atoms with Crippen LogP contribution >= 0.6 is 43.5 Å². The number of aryl methyl sites for hydroxylation is 1. The van der Waals surface area contributed by atoms with Crippen LogP contribution in [0, 0.1) is 6.92 Å². The van der Waals surface area contributed by atoms with Gasteiger partial charge in [0, 0.05) is 8.95 Å². The van der Waals surface area contributed by atoms with Crippen LogP contribution in [0.15, 0.2) is 39.3 Å².